The molecule has 2 aliphatic rings. The summed E-state index contributed by atoms with van der Waals surface area (Å²) in [6.45, 7) is 4.79. The number of H-pyrrole nitrogens is 1. The average molecular weight is 326 g/mol. The van der Waals surface area contributed by atoms with Crippen LogP contribution in [0.3, 0.4) is 0 Å². The lowest BCUT2D eigenvalue weighted by atomic mass is 10.1. The van der Waals surface area contributed by atoms with Gasteiger partial charge in [-0.2, -0.15) is 0 Å². The van der Waals surface area contributed by atoms with Gasteiger partial charge in [-0.15, -0.1) is 0 Å². The van der Waals surface area contributed by atoms with E-state index in [4.69, 9.17) is 18.9 Å². The third-order valence-electron chi connectivity index (χ3n) is 3.70. The van der Waals surface area contributed by atoms with Crippen molar-refractivity contribution in [2.24, 2.45) is 0 Å². The topological polar surface area (TPSA) is 109 Å². The third-order valence-corrected chi connectivity index (χ3v) is 3.70. The zero-order valence-electron chi connectivity index (χ0n) is 13.0. The highest BCUT2D eigenvalue weighted by Crippen LogP contribution is 2.42. The molecule has 3 rings (SSSR count). The van der Waals surface area contributed by atoms with Crippen LogP contribution in [0.4, 0.5) is 0 Å². The summed E-state index contributed by atoms with van der Waals surface area (Å²) < 4.78 is 23.6. The van der Waals surface area contributed by atoms with Crippen LogP contribution in [-0.4, -0.2) is 46.2 Å². The van der Waals surface area contributed by atoms with Gasteiger partial charge >= 0.3 is 11.7 Å². The number of fused-ring (bicyclic) bond motifs is 1. The molecule has 0 spiro atoms. The molecule has 23 heavy (non-hydrogen) atoms. The van der Waals surface area contributed by atoms with E-state index in [1.54, 1.807) is 13.8 Å². The van der Waals surface area contributed by atoms with Crippen molar-refractivity contribution in [2.45, 2.75) is 51.1 Å². The number of nitrogens with one attached hydrogen (secondary N) is 1. The fraction of sp³-hybridized carbons (Fsp3) is 0.643. The normalized spacial score (nSPS) is 31.8. The molecule has 0 aromatic carbocycles. The first-order valence-electron chi connectivity index (χ1n) is 7.23. The summed E-state index contributed by atoms with van der Waals surface area (Å²) in [6.07, 6.45) is -1.07. The van der Waals surface area contributed by atoms with E-state index in [2.05, 4.69) is 4.98 Å². The van der Waals surface area contributed by atoms with Crippen LogP contribution in [0.5, 0.6) is 0 Å². The van der Waals surface area contributed by atoms with Gasteiger partial charge in [0, 0.05) is 19.2 Å². The second kappa shape index (κ2) is 5.59. The van der Waals surface area contributed by atoms with Gasteiger partial charge in [0.15, 0.2) is 12.0 Å². The van der Waals surface area contributed by atoms with Crippen molar-refractivity contribution in [1.82, 2.24) is 9.55 Å². The Hall–Kier alpha value is -1.97. The molecular weight excluding hydrogens is 308 g/mol. The lowest BCUT2D eigenvalue weighted by Crippen LogP contribution is -2.37. The molecule has 0 bridgehead atoms. The van der Waals surface area contributed by atoms with Crippen LogP contribution < -0.4 is 11.2 Å². The maximum atomic E-state index is 12.0. The Bertz CT molecular complexity index is 722. The summed E-state index contributed by atoms with van der Waals surface area (Å²) in [5.41, 5.74) is -1.11. The molecule has 1 aromatic heterocycles. The molecular formula is C14H18N2O7. The van der Waals surface area contributed by atoms with Crippen molar-refractivity contribution >= 4 is 5.97 Å². The minimum atomic E-state index is -0.850. The number of esters is 1. The van der Waals surface area contributed by atoms with Crippen LogP contribution in [-0.2, 0) is 23.7 Å². The summed E-state index contributed by atoms with van der Waals surface area (Å²) in [4.78, 5) is 36.4. The van der Waals surface area contributed by atoms with Crippen molar-refractivity contribution in [3.8, 4) is 0 Å². The highest BCUT2D eigenvalue weighted by atomic mass is 16.8. The largest absolute Gasteiger partial charge is 0.463 e. The maximum absolute atomic E-state index is 12.0. The molecule has 126 valence electrons. The van der Waals surface area contributed by atoms with Gasteiger partial charge in [-0.1, -0.05) is 0 Å². The molecule has 4 atom stereocenters. The highest BCUT2D eigenvalue weighted by Gasteiger charge is 2.56. The standard InChI is InChI=1S/C14H18N2O7/c1-7(17)20-6-8-10-11(23-14(2,3)22-10)12(21-8)16-5-4-9(18)15-13(16)19/h4-5,8,10-12H,6H2,1-3H3,(H,15,18,19)/t8-,10+,11-,12+/m0/s1. The van der Waals surface area contributed by atoms with Crippen molar-refractivity contribution < 1.29 is 23.7 Å². The van der Waals surface area contributed by atoms with Gasteiger partial charge in [-0.05, 0) is 13.8 Å². The summed E-state index contributed by atoms with van der Waals surface area (Å²) in [5, 5.41) is 0. The molecule has 1 N–H and O–H groups in total. The molecule has 0 unspecified atom stereocenters. The van der Waals surface area contributed by atoms with E-state index in [1.807, 2.05) is 0 Å². The average Bonchev–Trinajstić information content (AvgIpc) is 2.90. The summed E-state index contributed by atoms with van der Waals surface area (Å²) in [6, 6.07) is 1.22. The molecule has 0 radical (unpaired) electrons. The summed E-state index contributed by atoms with van der Waals surface area (Å²) >= 11 is 0. The highest BCUT2D eigenvalue weighted by molar-refractivity contribution is 5.65. The van der Waals surface area contributed by atoms with Crippen LogP contribution in [0.2, 0.25) is 0 Å². The van der Waals surface area contributed by atoms with Gasteiger partial charge in [0.25, 0.3) is 5.56 Å². The molecule has 0 saturated carbocycles. The minimum absolute atomic E-state index is 0.00938. The van der Waals surface area contributed by atoms with Crippen LogP contribution >= 0.6 is 0 Å². The quantitative estimate of drug-likeness (QED) is 0.747. The minimum Gasteiger partial charge on any atom is -0.463 e. The predicted molar refractivity (Wildman–Crippen MR) is 75.7 cm³/mol. The van der Waals surface area contributed by atoms with E-state index in [-0.39, 0.29) is 6.61 Å². The number of rotatable bonds is 3. The first-order valence-corrected chi connectivity index (χ1v) is 7.23. The number of aromatic nitrogens is 2. The first kappa shape index (κ1) is 15.9. The number of ether oxygens (including phenoxy) is 4. The zero-order valence-corrected chi connectivity index (χ0v) is 13.0. The molecule has 3 heterocycles. The number of hydrogen-bond donors (Lipinski definition) is 1. The Morgan fingerprint density at radius 1 is 1.35 bits per heavy atom. The number of aromatic amines is 1. The molecule has 9 nitrogen and oxygen atoms in total. The molecule has 9 heteroatoms. The monoisotopic (exact) mass is 326 g/mol. The molecule has 2 saturated heterocycles. The van der Waals surface area contributed by atoms with E-state index in [0.717, 1.165) is 0 Å². The maximum Gasteiger partial charge on any atom is 0.330 e. The second-order valence-corrected chi connectivity index (χ2v) is 5.95. The van der Waals surface area contributed by atoms with Gasteiger partial charge in [-0.25, -0.2) is 4.79 Å². The molecule has 0 amide bonds. The second-order valence-electron chi connectivity index (χ2n) is 5.95. The Labute approximate surface area is 131 Å². The fourth-order valence-corrected chi connectivity index (χ4v) is 2.84. The lowest BCUT2D eigenvalue weighted by molar-refractivity contribution is -0.202. The lowest BCUT2D eigenvalue weighted by Gasteiger charge is -2.24. The van der Waals surface area contributed by atoms with Gasteiger partial charge in [0.05, 0.1) is 0 Å². The Kier molecular flexibility index (Phi) is 3.86. The third kappa shape index (κ3) is 3.07. The summed E-state index contributed by atoms with van der Waals surface area (Å²) in [7, 11) is 0. The van der Waals surface area contributed by atoms with Crippen LogP contribution in [0.1, 0.15) is 27.0 Å². The molecule has 2 aliphatic heterocycles. The number of hydrogen-bond acceptors (Lipinski definition) is 7. The van der Waals surface area contributed by atoms with Crippen molar-refractivity contribution in [2.75, 3.05) is 6.61 Å². The van der Waals surface area contributed by atoms with Crippen LogP contribution in [0.15, 0.2) is 21.9 Å². The molecule has 0 aliphatic carbocycles. The smallest absolute Gasteiger partial charge is 0.330 e. The molecule has 1 aromatic rings. The Morgan fingerprint density at radius 3 is 2.70 bits per heavy atom. The van der Waals surface area contributed by atoms with Gasteiger partial charge in [0.2, 0.25) is 0 Å². The molecule has 2 fully saturated rings. The van der Waals surface area contributed by atoms with Crippen LogP contribution in [0.25, 0.3) is 0 Å². The van der Waals surface area contributed by atoms with E-state index in [1.165, 1.54) is 23.8 Å². The Morgan fingerprint density at radius 2 is 2.04 bits per heavy atom. The van der Waals surface area contributed by atoms with Crippen LogP contribution in [0, 0.1) is 0 Å². The number of carbonyl (C=O) groups excluding carboxylic acids is 1. The SMILES string of the molecule is CC(=O)OC[C@@H]1O[C@@H](n2ccc(=O)[nH]c2=O)[C@H]2OC(C)(C)O[C@@H]21. The van der Waals surface area contributed by atoms with Gasteiger partial charge in [0.1, 0.15) is 24.9 Å². The predicted octanol–water partition coefficient (Wildman–Crippen LogP) is -0.483. The van der Waals surface area contributed by atoms with E-state index >= 15 is 0 Å². The summed E-state index contributed by atoms with van der Waals surface area (Å²) in [5.74, 6) is -1.29. The van der Waals surface area contributed by atoms with Crippen molar-refractivity contribution in [3.63, 3.8) is 0 Å². The van der Waals surface area contributed by atoms with E-state index in [9.17, 15) is 14.4 Å². The number of nitrogens with zero attached hydrogens (tertiary/aromatic N) is 1. The Balaban J connectivity index is 1.90. The van der Waals surface area contributed by atoms with Crippen molar-refractivity contribution in [1.29, 1.82) is 0 Å². The first-order chi connectivity index (χ1) is 10.8. The zero-order chi connectivity index (χ0) is 16.8. The van der Waals surface area contributed by atoms with Gasteiger partial charge in [-0.3, -0.25) is 19.1 Å². The number of carbonyl (C=O) groups is 1. The van der Waals surface area contributed by atoms with Gasteiger partial charge < -0.3 is 18.9 Å². The fourth-order valence-electron chi connectivity index (χ4n) is 2.84. The van der Waals surface area contributed by atoms with Crippen molar-refractivity contribution in [3.05, 3.63) is 33.1 Å². The van der Waals surface area contributed by atoms with E-state index < -0.39 is 47.5 Å². The van der Waals surface area contributed by atoms with E-state index in [0.29, 0.717) is 0 Å².